The number of fused-ring (bicyclic) bond motifs is 2. The number of nitrogen functional groups attached to an aromatic ring is 1. The summed E-state index contributed by atoms with van der Waals surface area (Å²) in [7, 11) is 3.22. The minimum Gasteiger partial charge on any atom is -0.493 e. The number of benzene rings is 2. The van der Waals surface area contributed by atoms with Crippen LogP contribution >= 0.6 is 0 Å². The Balaban J connectivity index is 1.33. The highest BCUT2D eigenvalue weighted by atomic mass is 16.7. The molecule has 0 amide bonds. The molecule has 0 spiro atoms. The van der Waals surface area contributed by atoms with Gasteiger partial charge >= 0.3 is 0 Å². The van der Waals surface area contributed by atoms with Crippen molar-refractivity contribution in [1.82, 2.24) is 14.8 Å². The molecule has 2 aliphatic heterocycles. The van der Waals surface area contributed by atoms with E-state index in [9.17, 15) is 4.79 Å². The first-order valence-electron chi connectivity index (χ1n) is 12.3. The number of carbonyl (C=O) groups is 1. The number of rotatable bonds is 6. The van der Waals surface area contributed by atoms with Crippen LogP contribution in [0.5, 0.6) is 23.0 Å². The molecule has 3 heterocycles. The van der Waals surface area contributed by atoms with Gasteiger partial charge in [0.25, 0.3) is 0 Å². The Kier molecular flexibility index (Phi) is 5.66. The minimum atomic E-state index is -0.291. The molecule has 1 aliphatic carbocycles. The molecule has 10 nitrogen and oxygen atoms in total. The highest BCUT2D eigenvalue weighted by molar-refractivity contribution is 5.99. The van der Waals surface area contributed by atoms with Crippen molar-refractivity contribution in [1.29, 1.82) is 0 Å². The fourth-order valence-electron chi connectivity index (χ4n) is 5.69. The second-order valence-corrected chi connectivity index (χ2v) is 9.71. The molecule has 3 aromatic rings. The van der Waals surface area contributed by atoms with E-state index in [1.165, 1.54) is 0 Å². The molecule has 3 aliphatic rings. The average molecular weight is 504 g/mol. The van der Waals surface area contributed by atoms with Gasteiger partial charge in [0.2, 0.25) is 18.7 Å². The third-order valence-corrected chi connectivity index (χ3v) is 7.39. The molecule has 0 fully saturated rings. The molecule has 0 unspecified atom stereocenters. The van der Waals surface area contributed by atoms with Gasteiger partial charge < -0.3 is 30.0 Å². The van der Waals surface area contributed by atoms with Crippen molar-refractivity contribution in [3.63, 3.8) is 0 Å². The second kappa shape index (κ2) is 9.02. The summed E-state index contributed by atoms with van der Waals surface area (Å²) in [6.45, 7) is 2.36. The molecule has 3 N–H and O–H groups in total. The van der Waals surface area contributed by atoms with Crippen LogP contribution in [0.4, 0.5) is 11.9 Å². The summed E-state index contributed by atoms with van der Waals surface area (Å²) >= 11 is 0. The van der Waals surface area contributed by atoms with Crippen molar-refractivity contribution in [2.75, 3.05) is 32.1 Å². The molecule has 3 atom stereocenters. The summed E-state index contributed by atoms with van der Waals surface area (Å²) in [6.07, 6.45) is 1.77. The fourth-order valence-corrected chi connectivity index (χ4v) is 5.69. The number of hydrogen-bond donors (Lipinski definition) is 2. The largest absolute Gasteiger partial charge is 0.493 e. The van der Waals surface area contributed by atoms with Gasteiger partial charge in [0.1, 0.15) is 0 Å². The van der Waals surface area contributed by atoms with E-state index in [1.54, 1.807) is 18.9 Å². The Bertz CT molecular complexity index is 1410. The molecule has 2 aromatic carbocycles. The molecule has 0 saturated heterocycles. The van der Waals surface area contributed by atoms with Gasteiger partial charge in [-0.3, -0.25) is 4.79 Å². The number of carbonyl (C=O) groups excluding carboxylic acids is 1. The molecular weight excluding hydrogens is 474 g/mol. The van der Waals surface area contributed by atoms with Gasteiger partial charge in [-0.1, -0.05) is 19.1 Å². The maximum Gasteiger partial charge on any atom is 0.241 e. The van der Waals surface area contributed by atoms with E-state index in [0.717, 1.165) is 33.9 Å². The lowest BCUT2D eigenvalue weighted by atomic mass is 9.76. The van der Waals surface area contributed by atoms with Crippen LogP contribution in [0.1, 0.15) is 42.9 Å². The van der Waals surface area contributed by atoms with E-state index < -0.39 is 0 Å². The summed E-state index contributed by atoms with van der Waals surface area (Å²) in [5.74, 6) is 3.65. The zero-order valence-electron chi connectivity index (χ0n) is 21.0. The van der Waals surface area contributed by atoms with Crippen LogP contribution in [-0.2, 0) is 11.2 Å². The number of nitrogens with zero attached hydrogens (tertiary/aromatic N) is 3. The van der Waals surface area contributed by atoms with E-state index >= 15 is 0 Å². The topological polar surface area (TPSA) is 123 Å². The quantitative estimate of drug-likeness (QED) is 0.516. The van der Waals surface area contributed by atoms with Crippen molar-refractivity contribution in [2.24, 2.45) is 5.92 Å². The number of ether oxygens (including phenoxy) is 4. The zero-order valence-corrected chi connectivity index (χ0v) is 21.0. The number of hydrogen-bond acceptors (Lipinski definition) is 9. The zero-order chi connectivity index (χ0) is 25.7. The number of nitrogens with one attached hydrogen (secondary N) is 1. The summed E-state index contributed by atoms with van der Waals surface area (Å²) in [4.78, 5) is 18.1. The van der Waals surface area contributed by atoms with Gasteiger partial charge in [-0.25, -0.2) is 4.68 Å². The number of anilines is 2. The standard InChI is InChI=1S/C27H29N5O5/c1-14(8-15-4-6-21-23(9-15)37-13-36-21)25-24-18(29-27-30-26(28)31-32(25)27)10-17(11-19(24)33)16-5-7-20(34-2)22(12-16)35-3/h4-7,9,12,14,17,25H,8,10-11,13H2,1-3H3,(H3,28,29,30,31)/t14-,17-,25-/m0/s1. The molecule has 192 valence electrons. The predicted molar refractivity (Wildman–Crippen MR) is 136 cm³/mol. The van der Waals surface area contributed by atoms with Crippen molar-refractivity contribution in [2.45, 2.75) is 38.1 Å². The van der Waals surface area contributed by atoms with Gasteiger partial charge in [0, 0.05) is 17.7 Å². The van der Waals surface area contributed by atoms with Crippen LogP contribution in [0.2, 0.25) is 0 Å². The van der Waals surface area contributed by atoms with Gasteiger partial charge in [-0.05, 0) is 60.1 Å². The molecule has 0 radical (unpaired) electrons. The lowest BCUT2D eigenvalue weighted by Gasteiger charge is -2.37. The van der Waals surface area contributed by atoms with Crippen LogP contribution in [0.15, 0.2) is 47.7 Å². The molecule has 0 bridgehead atoms. The van der Waals surface area contributed by atoms with Crippen molar-refractivity contribution in [3.05, 3.63) is 58.8 Å². The lowest BCUT2D eigenvalue weighted by Crippen LogP contribution is -2.36. The number of allylic oxidation sites excluding steroid dienone is 2. The molecule has 37 heavy (non-hydrogen) atoms. The lowest BCUT2D eigenvalue weighted by molar-refractivity contribution is -0.117. The van der Waals surface area contributed by atoms with Gasteiger partial charge in [0.05, 0.1) is 20.3 Å². The highest BCUT2D eigenvalue weighted by Gasteiger charge is 2.41. The maximum atomic E-state index is 13.7. The summed E-state index contributed by atoms with van der Waals surface area (Å²) < 4.78 is 23.6. The van der Waals surface area contributed by atoms with Crippen LogP contribution in [-0.4, -0.2) is 41.6 Å². The predicted octanol–water partition coefficient (Wildman–Crippen LogP) is 3.85. The number of ketones is 1. The van der Waals surface area contributed by atoms with Crippen molar-refractivity contribution >= 4 is 17.7 Å². The Morgan fingerprint density at radius 1 is 1.11 bits per heavy atom. The van der Waals surface area contributed by atoms with E-state index in [2.05, 4.69) is 22.3 Å². The molecular formula is C27H29N5O5. The van der Waals surface area contributed by atoms with E-state index in [-0.39, 0.29) is 36.4 Å². The first-order chi connectivity index (χ1) is 17.9. The number of methoxy groups -OCH3 is 2. The molecule has 6 rings (SSSR count). The Hall–Kier alpha value is -4.21. The number of Topliss-reactive ketones (excluding diaryl/α,β-unsaturated/α-hetero) is 1. The third kappa shape index (κ3) is 4.02. The van der Waals surface area contributed by atoms with E-state index in [1.807, 2.05) is 36.4 Å². The van der Waals surface area contributed by atoms with Gasteiger partial charge in [-0.2, -0.15) is 4.98 Å². The summed E-state index contributed by atoms with van der Waals surface area (Å²) in [5.41, 5.74) is 9.74. The smallest absolute Gasteiger partial charge is 0.241 e. The van der Waals surface area contributed by atoms with E-state index in [4.69, 9.17) is 24.7 Å². The van der Waals surface area contributed by atoms with Crippen LogP contribution < -0.4 is 30.0 Å². The third-order valence-electron chi connectivity index (χ3n) is 7.39. The number of nitrogens with two attached hydrogens (primary N) is 1. The second-order valence-electron chi connectivity index (χ2n) is 9.71. The monoisotopic (exact) mass is 503 g/mol. The van der Waals surface area contributed by atoms with Gasteiger partial charge in [0.15, 0.2) is 28.8 Å². The Labute approximate surface area is 214 Å². The van der Waals surface area contributed by atoms with Gasteiger partial charge in [-0.15, -0.1) is 5.10 Å². The first-order valence-corrected chi connectivity index (χ1v) is 12.3. The Morgan fingerprint density at radius 3 is 2.73 bits per heavy atom. The molecule has 10 heteroatoms. The maximum absolute atomic E-state index is 13.7. The average Bonchev–Trinajstić information content (AvgIpc) is 3.51. The molecule has 1 aromatic heterocycles. The minimum absolute atomic E-state index is 0.00445. The number of aromatic nitrogens is 3. The SMILES string of the molecule is COc1ccc([C@@H]2CC(=O)C3=C(C2)Nc2nc(N)nn2[C@H]3[C@@H](C)Cc2ccc3c(c2)OCO3)cc1OC. The van der Waals surface area contributed by atoms with Crippen molar-refractivity contribution in [3.8, 4) is 23.0 Å². The fraction of sp³-hybridized carbons (Fsp3) is 0.370. The summed E-state index contributed by atoms with van der Waals surface area (Å²) in [5, 5.41) is 7.82. The first kappa shape index (κ1) is 23.2. The van der Waals surface area contributed by atoms with Crippen LogP contribution in [0, 0.1) is 5.92 Å². The Morgan fingerprint density at radius 2 is 1.92 bits per heavy atom. The van der Waals surface area contributed by atoms with E-state index in [0.29, 0.717) is 36.7 Å². The molecule has 0 saturated carbocycles. The van der Waals surface area contributed by atoms with Crippen LogP contribution in [0.3, 0.4) is 0 Å². The summed E-state index contributed by atoms with van der Waals surface area (Å²) in [6, 6.07) is 11.5. The van der Waals surface area contributed by atoms with Crippen molar-refractivity contribution < 1.29 is 23.7 Å². The van der Waals surface area contributed by atoms with Crippen LogP contribution in [0.25, 0.3) is 0 Å². The highest BCUT2D eigenvalue weighted by Crippen LogP contribution is 2.46. The normalized spacial score (nSPS) is 20.7.